The fraction of sp³-hybridized carbons (Fsp3) is 0.769. The van der Waals surface area contributed by atoms with Gasteiger partial charge in [-0.15, -0.1) is 0 Å². The van der Waals surface area contributed by atoms with Crippen molar-refractivity contribution < 1.29 is 22.8 Å². The maximum Gasteiger partial charge on any atom is 0.500 e. The lowest BCUT2D eigenvalue weighted by Gasteiger charge is -2.45. The molecule has 19 heavy (non-hydrogen) atoms. The second-order valence-electron chi connectivity index (χ2n) is 5.97. The van der Waals surface area contributed by atoms with Crippen LogP contribution < -0.4 is 0 Å². The Kier molecular flexibility index (Phi) is 2.10. The van der Waals surface area contributed by atoms with Gasteiger partial charge in [0.1, 0.15) is 0 Å². The van der Waals surface area contributed by atoms with Gasteiger partial charge in [0.25, 0.3) is 0 Å². The van der Waals surface area contributed by atoms with E-state index in [1.54, 1.807) is 21.3 Å². The number of hydrogen-bond donors (Lipinski definition) is 0. The molecular formula is C13H18O5Si. The number of hydrogen-bond acceptors (Lipinski definition) is 5. The van der Waals surface area contributed by atoms with Crippen LogP contribution >= 0.6 is 0 Å². The van der Waals surface area contributed by atoms with Crippen LogP contribution in [0.3, 0.4) is 0 Å². The van der Waals surface area contributed by atoms with Gasteiger partial charge in [-0.25, -0.2) is 0 Å². The number of carbonyl (C=O) groups is 1. The summed E-state index contributed by atoms with van der Waals surface area (Å²) >= 11 is 0. The average Bonchev–Trinajstić information content (AvgIpc) is 2.68. The fourth-order valence-corrected chi connectivity index (χ4v) is 7.67. The zero-order chi connectivity index (χ0) is 13.5. The molecular weight excluding hydrogens is 264 g/mol. The summed E-state index contributed by atoms with van der Waals surface area (Å²) in [6.45, 7) is 0.577. The third-order valence-electron chi connectivity index (χ3n) is 6.03. The van der Waals surface area contributed by atoms with Crippen LogP contribution in [0.4, 0.5) is 0 Å². The molecule has 4 rings (SSSR count). The van der Waals surface area contributed by atoms with Gasteiger partial charge in [-0.05, 0) is 5.92 Å². The molecule has 5 nitrogen and oxygen atoms in total. The predicted octanol–water partition coefficient (Wildman–Crippen LogP) is 0.840. The highest BCUT2D eigenvalue weighted by Gasteiger charge is 2.97. The minimum absolute atomic E-state index is 0.0192. The molecule has 2 saturated carbocycles. The molecule has 3 fully saturated rings. The highest BCUT2D eigenvalue weighted by atomic mass is 28.4. The van der Waals surface area contributed by atoms with Crippen LogP contribution in [-0.2, 0) is 22.8 Å². The molecule has 4 aliphatic rings. The van der Waals surface area contributed by atoms with Gasteiger partial charge in [0.05, 0.1) is 12.0 Å². The van der Waals surface area contributed by atoms with Crippen molar-refractivity contribution >= 4 is 14.8 Å². The largest absolute Gasteiger partial charge is 0.500 e. The maximum atomic E-state index is 12.2. The van der Waals surface area contributed by atoms with Gasteiger partial charge in [-0.1, -0.05) is 12.2 Å². The number of ether oxygens (including phenoxy) is 1. The summed E-state index contributed by atoms with van der Waals surface area (Å²) in [6, 6.07) is 0.706. The second-order valence-corrected chi connectivity index (χ2v) is 8.92. The number of esters is 1. The maximum absolute atomic E-state index is 12.2. The molecule has 0 aromatic heterocycles. The fourth-order valence-electron chi connectivity index (χ4n) is 5.27. The summed E-state index contributed by atoms with van der Waals surface area (Å²) < 4.78 is 22.0. The molecule has 1 heterocycles. The molecule has 0 aromatic rings. The van der Waals surface area contributed by atoms with Crippen molar-refractivity contribution in [1.29, 1.82) is 0 Å². The van der Waals surface area contributed by atoms with Crippen LogP contribution in [0.5, 0.6) is 0 Å². The monoisotopic (exact) mass is 282 g/mol. The van der Waals surface area contributed by atoms with Crippen molar-refractivity contribution in [2.75, 3.05) is 27.9 Å². The van der Waals surface area contributed by atoms with Crippen molar-refractivity contribution in [3.05, 3.63) is 12.2 Å². The standard InChI is InChI=1S/C13H18O5Si/c1-15-19(16-2,17-3)7-12-8-4-5-10(12)13(12)9(8)6-18-11(13)14/h4-5,8-10H,6-7H2,1-3H3. The van der Waals surface area contributed by atoms with Crippen LogP contribution in [0.1, 0.15) is 0 Å². The number of carbonyl (C=O) groups excluding carboxylic acids is 1. The van der Waals surface area contributed by atoms with E-state index in [4.69, 9.17) is 18.0 Å². The van der Waals surface area contributed by atoms with E-state index in [0.717, 1.165) is 0 Å². The first-order valence-corrected chi connectivity index (χ1v) is 8.57. The molecule has 1 saturated heterocycles. The van der Waals surface area contributed by atoms with Gasteiger partial charge in [-0.3, -0.25) is 4.79 Å². The molecule has 6 heteroatoms. The third-order valence-corrected chi connectivity index (χ3v) is 8.91. The van der Waals surface area contributed by atoms with Gasteiger partial charge in [0, 0.05) is 44.6 Å². The first-order valence-electron chi connectivity index (χ1n) is 6.64. The van der Waals surface area contributed by atoms with E-state index in [0.29, 0.717) is 30.4 Å². The number of allylic oxidation sites excluding steroid dienone is 2. The second kappa shape index (κ2) is 3.31. The number of rotatable bonds is 5. The van der Waals surface area contributed by atoms with Crippen LogP contribution in [0.25, 0.3) is 0 Å². The molecule has 0 N–H and O–H groups in total. The van der Waals surface area contributed by atoms with E-state index in [1.807, 2.05) is 0 Å². The van der Waals surface area contributed by atoms with Crippen molar-refractivity contribution in [1.82, 2.24) is 0 Å². The normalized spacial score (nSPS) is 48.6. The lowest BCUT2D eigenvalue weighted by molar-refractivity contribution is -0.146. The van der Waals surface area contributed by atoms with Gasteiger partial charge in [0.15, 0.2) is 0 Å². The van der Waals surface area contributed by atoms with Crippen molar-refractivity contribution in [3.8, 4) is 0 Å². The highest BCUT2D eigenvalue weighted by Crippen LogP contribution is 2.93. The number of fused-ring (bicyclic) bond motifs is 1. The Morgan fingerprint density at radius 1 is 1.32 bits per heavy atom. The Morgan fingerprint density at radius 3 is 2.63 bits per heavy atom. The molecule has 0 aromatic carbocycles. The van der Waals surface area contributed by atoms with Crippen molar-refractivity contribution in [2.45, 2.75) is 6.04 Å². The molecule has 5 unspecified atom stereocenters. The summed E-state index contributed by atoms with van der Waals surface area (Å²) in [4.78, 5) is 12.2. The Bertz CT molecular complexity index is 479. The van der Waals surface area contributed by atoms with E-state index in [-0.39, 0.29) is 16.8 Å². The highest BCUT2D eigenvalue weighted by molar-refractivity contribution is 6.61. The molecule has 1 spiro atoms. The van der Waals surface area contributed by atoms with Gasteiger partial charge < -0.3 is 18.0 Å². The minimum Gasteiger partial charge on any atom is -0.465 e. The van der Waals surface area contributed by atoms with Crippen LogP contribution in [0, 0.1) is 28.6 Å². The molecule has 5 atom stereocenters. The summed E-state index contributed by atoms with van der Waals surface area (Å²) in [5.74, 6) is 1.08. The SMILES string of the molecule is CO[Si](CC12C3C=CC1C21C(=O)OCC31)(OC)OC. The van der Waals surface area contributed by atoms with Crippen LogP contribution in [0.2, 0.25) is 6.04 Å². The van der Waals surface area contributed by atoms with Crippen molar-refractivity contribution in [2.24, 2.45) is 28.6 Å². The summed E-state index contributed by atoms with van der Waals surface area (Å²) in [6.07, 6.45) is 4.44. The molecule has 104 valence electrons. The van der Waals surface area contributed by atoms with E-state index in [1.165, 1.54) is 0 Å². The average molecular weight is 282 g/mol. The van der Waals surface area contributed by atoms with Crippen LogP contribution in [0.15, 0.2) is 12.2 Å². The molecule has 0 radical (unpaired) electrons. The zero-order valence-corrected chi connectivity index (χ0v) is 12.3. The summed E-state index contributed by atoms with van der Waals surface area (Å²) in [5.41, 5.74) is -0.320. The summed E-state index contributed by atoms with van der Waals surface area (Å²) in [7, 11) is 2.22. The Balaban J connectivity index is 1.69. The molecule has 0 bridgehead atoms. The van der Waals surface area contributed by atoms with E-state index >= 15 is 0 Å². The van der Waals surface area contributed by atoms with Crippen molar-refractivity contribution in [3.63, 3.8) is 0 Å². The van der Waals surface area contributed by atoms with E-state index < -0.39 is 8.80 Å². The van der Waals surface area contributed by atoms with Gasteiger partial charge in [0.2, 0.25) is 0 Å². The molecule has 1 aliphatic heterocycles. The lowest BCUT2D eigenvalue weighted by atomic mass is 9.58. The van der Waals surface area contributed by atoms with Gasteiger partial charge >= 0.3 is 14.8 Å². The smallest absolute Gasteiger partial charge is 0.465 e. The minimum atomic E-state index is -2.67. The lowest BCUT2D eigenvalue weighted by Crippen LogP contribution is -2.53. The van der Waals surface area contributed by atoms with E-state index in [9.17, 15) is 4.79 Å². The topological polar surface area (TPSA) is 54.0 Å². The van der Waals surface area contributed by atoms with Crippen LogP contribution in [-0.4, -0.2) is 42.7 Å². The van der Waals surface area contributed by atoms with Gasteiger partial charge in [-0.2, -0.15) is 0 Å². The zero-order valence-electron chi connectivity index (χ0n) is 11.3. The predicted molar refractivity (Wildman–Crippen MR) is 67.0 cm³/mol. The number of cyclic esters (lactones) is 1. The summed E-state index contributed by atoms with van der Waals surface area (Å²) in [5, 5.41) is 0. The molecule has 0 amide bonds. The quantitative estimate of drug-likeness (QED) is 0.425. The van der Waals surface area contributed by atoms with E-state index in [2.05, 4.69) is 12.2 Å². The third kappa shape index (κ3) is 0.951. The Labute approximate surface area is 113 Å². The Hall–Kier alpha value is -0.693. The molecule has 3 aliphatic carbocycles. The first-order chi connectivity index (χ1) is 9.13. The first kappa shape index (κ1) is 12.1. The Morgan fingerprint density at radius 2 is 2.00 bits per heavy atom.